The first-order valence-electron chi connectivity index (χ1n) is 9.75. The fourth-order valence-electron chi connectivity index (χ4n) is 4.28. The Morgan fingerprint density at radius 2 is 2.00 bits per heavy atom. The van der Waals surface area contributed by atoms with Gasteiger partial charge in [0.05, 0.1) is 12.5 Å². The van der Waals surface area contributed by atoms with Crippen LogP contribution in [0.3, 0.4) is 0 Å². The van der Waals surface area contributed by atoms with Gasteiger partial charge in [-0.1, -0.05) is 37.5 Å². The van der Waals surface area contributed by atoms with Gasteiger partial charge in [0.15, 0.2) is 0 Å². The van der Waals surface area contributed by atoms with E-state index in [0.717, 1.165) is 30.8 Å². The lowest BCUT2D eigenvalue weighted by atomic mass is 9.94. The number of hydrogen-bond donors (Lipinski definition) is 1. The third kappa shape index (κ3) is 3.96. The first-order valence-corrected chi connectivity index (χ1v) is 9.75. The number of aromatic nitrogens is 3. The molecule has 1 N–H and O–H groups in total. The van der Waals surface area contributed by atoms with Crippen LogP contribution in [0, 0.1) is 5.92 Å². The molecule has 26 heavy (non-hydrogen) atoms. The number of nitrogens with one attached hydrogen (secondary N) is 1. The molecule has 2 fully saturated rings. The van der Waals surface area contributed by atoms with Crippen molar-refractivity contribution in [3.63, 3.8) is 0 Å². The van der Waals surface area contributed by atoms with Gasteiger partial charge in [0.2, 0.25) is 5.91 Å². The van der Waals surface area contributed by atoms with E-state index in [1.165, 1.54) is 38.4 Å². The molecule has 1 atom stereocenters. The Labute approximate surface area is 154 Å². The van der Waals surface area contributed by atoms with E-state index in [1.54, 1.807) is 11.0 Å². The molecular formula is C20H27N5O. The van der Waals surface area contributed by atoms with Crippen molar-refractivity contribution in [1.29, 1.82) is 0 Å². The molecule has 2 aliphatic rings. The van der Waals surface area contributed by atoms with Crippen molar-refractivity contribution in [1.82, 2.24) is 19.7 Å². The largest absolute Gasteiger partial charge is 0.325 e. The molecule has 6 heteroatoms. The van der Waals surface area contributed by atoms with E-state index >= 15 is 0 Å². The minimum Gasteiger partial charge on any atom is -0.325 e. The smallest absolute Gasteiger partial charge is 0.228 e. The first-order chi connectivity index (χ1) is 12.8. The van der Waals surface area contributed by atoms with E-state index in [9.17, 15) is 4.79 Å². The molecule has 1 aliphatic heterocycles. The molecule has 0 radical (unpaired) electrons. The van der Waals surface area contributed by atoms with Gasteiger partial charge in [-0.25, -0.2) is 9.67 Å². The Balaban J connectivity index is 1.38. The van der Waals surface area contributed by atoms with Crippen molar-refractivity contribution >= 4 is 11.6 Å². The number of para-hydroxylation sites is 1. The zero-order valence-electron chi connectivity index (χ0n) is 15.2. The average Bonchev–Trinajstić information content (AvgIpc) is 3.36. The zero-order valence-corrected chi connectivity index (χ0v) is 15.2. The highest BCUT2D eigenvalue weighted by Gasteiger charge is 2.32. The molecule has 1 amide bonds. The number of hydrogen-bond acceptors (Lipinski definition) is 4. The molecule has 0 unspecified atom stereocenters. The fraction of sp³-hybridized carbons (Fsp3) is 0.550. The Morgan fingerprint density at radius 3 is 2.81 bits per heavy atom. The van der Waals surface area contributed by atoms with Crippen LogP contribution >= 0.6 is 0 Å². The molecule has 1 aromatic carbocycles. The van der Waals surface area contributed by atoms with Crippen molar-refractivity contribution in [3.8, 4) is 0 Å². The van der Waals surface area contributed by atoms with Crippen molar-refractivity contribution in [2.75, 3.05) is 18.4 Å². The molecule has 1 aliphatic carbocycles. The second-order valence-corrected chi connectivity index (χ2v) is 7.51. The van der Waals surface area contributed by atoms with Crippen LogP contribution in [0.1, 0.15) is 44.1 Å². The summed E-state index contributed by atoms with van der Waals surface area (Å²) in [6, 6.07) is 8.64. The molecule has 4 rings (SSSR count). The van der Waals surface area contributed by atoms with E-state index in [-0.39, 0.29) is 11.8 Å². The van der Waals surface area contributed by atoms with Crippen molar-refractivity contribution in [2.45, 2.75) is 51.1 Å². The predicted octanol–water partition coefficient (Wildman–Crippen LogP) is 2.92. The highest BCUT2D eigenvalue weighted by Crippen LogP contribution is 2.28. The molecule has 2 heterocycles. The van der Waals surface area contributed by atoms with Gasteiger partial charge in [-0.15, -0.1) is 0 Å². The summed E-state index contributed by atoms with van der Waals surface area (Å²) in [5.41, 5.74) is 1.93. The molecule has 0 spiro atoms. The van der Waals surface area contributed by atoms with Crippen molar-refractivity contribution < 1.29 is 4.79 Å². The van der Waals surface area contributed by atoms with Gasteiger partial charge in [0, 0.05) is 18.3 Å². The summed E-state index contributed by atoms with van der Waals surface area (Å²) < 4.78 is 1.77. The van der Waals surface area contributed by atoms with Crippen LogP contribution in [-0.4, -0.2) is 44.7 Å². The monoisotopic (exact) mass is 353 g/mol. The fourth-order valence-corrected chi connectivity index (χ4v) is 4.28. The summed E-state index contributed by atoms with van der Waals surface area (Å²) in [7, 11) is 0. The number of amides is 1. The summed E-state index contributed by atoms with van der Waals surface area (Å²) in [4.78, 5) is 19.4. The molecule has 1 saturated heterocycles. The van der Waals surface area contributed by atoms with Gasteiger partial charge < -0.3 is 5.32 Å². The third-order valence-corrected chi connectivity index (χ3v) is 5.76. The second kappa shape index (κ2) is 7.99. The normalized spacial score (nSPS) is 21.8. The van der Waals surface area contributed by atoms with E-state index in [4.69, 9.17) is 0 Å². The van der Waals surface area contributed by atoms with Crippen LogP contribution in [0.2, 0.25) is 0 Å². The van der Waals surface area contributed by atoms with Gasteiger partial charge in [-0.05, 0) is 37.4 Å². The van der Waals surface area contributed by atoms with E-state index < -0.39 is 0 Å². The van der Waals surface area contributed by atoms with Crippen LogP contribution in [0.4, 0.5) is 5.69 Å². The quantitative estimate of drug-likeness (QED) is 0.898. The minimum absolute atomic E-state index is 0.0938. The standard InChI is InChI=1S/C20H27N5O/c26-20(17-10-11-24(12-17)18-7-2-1-3-8-18)23-19-9-5-4-6-16(19)13-25-15-21-14-22-25/h4-6,9,14-15,17-18H,1-3,7-8,10-13H2,(H,23,26)/t17-/m0/s1. The highest BCUT2D eigenvalue weighted by molar-refractivity contribution is 5.93. The molecule has 1 aromatic heterocycles. The summed E-state index contributed by atoms with van der Waals surface area (Å²) >= 11 is 0. The number of rotatable bonds is 5. The zero-order chi connectivity index (χ0) is 17.8. The van der Waals surface area contributed by atoms with Gasteiger partial charge >= 0.3 is 0 Å². The third-order valence-electron chi connectivity index (χ3n) is 5.76. The van der Waals surface area contributed by atoms with Gasteiger partial charge in [-0.2, -0.15) is 5.10 Å². The number of carbonyl (C=O) groups excluding carboxylic acids is 1. The van der Waals surface area contributed by atoms with Gasteiger partial charge in [0.25, 0.3) is 0 Å². The SMILES string of the molecule is O=C(Nc1ccccc1Cn1cncn1)[C@H]1CCN(C2CCCCC2)C1. The Bertz CT molecular complexity index is 724. The second-order valence-electron chi connectivity index (χ2n) is 7.51. The molecule has 138 valence electrons. The maximum absolute atomic E-state index is 12.8. The Hall–Kier alpha value is -2.21. The topological polar surface area (TPSA) is 63.1 Å². The van der Waals surface area contributed by atoms with Gasteiger partial charge in [0.1, 0.15) is 12.7 Å². The van der Waals surface area contributed by atoms with E-state index in [2.05, 4.69) is 20.3 Å². The summed E-state index contributed by atoms with van der Waals surface area (Å²) in [6.07, 6.45) is 10.8. The maximum atomic E-state index is 12.8. The summed E-state index contributed by atoms with van der Waals surface area (Å²) in [5, 5.41) is 7.32. The van der Waals surface area contributed by atoms with Crippen LogP contribution in [0.5, 0.6) is 0 Å². The lowest BCUT2D eigenvalue weighted by Gasteiger charge is -2.30. The van der Waals surface area contributed by atoms with E-state index in [0.29, 0.717) is 12.6 Å². The number of likely N-dealkylation sites (tertiary alicyclic amines) is 1. The molecule has 2 aromatic rings. The predicted molar refractivity (Wildman–Crippen MR) is 101 cm³/mol. The van der Waals surface area contributed by atoms with Crippen LogP contribution in [0.25, 0.3) is 0 Å². The highest BCUT2D eigenvalue weighted by atomic mass is 16.1. The first kappa shape index (κ1) is 17.2. The number of nitrogens with zero attached hydrogens (tertiary/aromatic N) is 4. The summed E-state index contributed by atoms with van der Waals surface area (Å²) in [6.45, 7) is 2.57. The van der Waals surface area contributed by atoms with E-state index in [1.807, 2.05) is 24.3 Å². The summed E-state index contributed by atoms with van der Waals surface area (Å²) in [5.74, 6) is 0.241. The Kier molecular flexibility index (Phi) is 5.29. The molecular weight excluding hydrogens is 326 g/mol. The van der Waals surface area contributed by atoms with Gasteiger partial charge in [-0.3, -0.25) is 9.69 Å². The number of benzene rings is 1. The van der Waals surface area contributed by atoms with Crippen molar-refractivity contribution in [3.05, 3.63) is 42.5 Å². The number of anilines is 1. The maximum Gasteiger partial charge on any atom is 0.228 e. The van der Waals surface area contributed by atoms with Crippen molar-refractivity contribution in [2.24, 2.45) is 5.92 Å². The molecule has 1 saturated carbocycles. The van der Waals surface area contributed by atoms with Crippen LogP contribution in [-0.2, 0) is 11.3 Å². The van der Waals surface area contributed by atoms with Crippen LogP contribution < -0.4 is 5.32 Å². The lowest BCUT2D eigenvalue weighted by Crippen LogP contribution is -2.36. The molecule has 6 nitrogen and oxygen atoms in total. The average molecular weight is 353 g/mol. The molecule has 0 bridgehead atoms. The number of carbonyl (C=O) groups is 1. The minimum atomic E-state index is 0.0938. The lowest BCUT2D eigenvalue weighted by molar-refractivity contribution is -0.119. The van der Waals surface area contributed by atoms with Crippen LogP contribution in [0.15, 0.2) is 36.9 Å². The Morgan fingerprint density at radius 1 is 1.15 bits per heavy atom.